The van der Waals surface area contributed by atoms with E-state index in [1.54, 1.807) is 17.5 Å². The molecular weight excluding hydrogens is 344 g/mol. The molecule has 2 amide bonds. The van der Waals surface area contributed by atoms with E-state index in [0.29, 0.717) is 5.82 Å². The van der Waals surface area contributed by atoms with E-state index in [-0.39, 0.29) is 6.03 Å². The van der Waals surface area contributed by atoms with Crippen molar-refractivity contribution in [3.05, 3.63) is 65.8 Å². The first-order valence-corrected chi connectivity index (χ1v) is 9.50. The number of nitrogens with zero attached hydrogens (tertiary/aromatic N) is 2. The Morgan fingerprint density at radius 1 is 0.923 bits per heavy atom. The number of urea groups is 1. The molecule has 0 unspecified atom stereocenters. The Labute approximate surface area is 156 Å². The van der Waals surface area contributed by atoms with Gasteiger partial charge in [0.05, 0.1) is 4.88 Å². The molecule has 3 aromatic rings. The summed E-state index contributed by atoms with van der Waals surface area (Å²) in [4.78, 5) is 22.0. The van der Waals surface area contributed by atoms with E-state index in [1.807, 2.05) is 48.7 Å². The van der Waals surface area contributed by atoms with Crippen molar-refractivity contribution in [1.82, 2.24) is 9.97 Å². The Morgan fingerprint density at radius 2 is 1.73 bits per heavy atom. The molecule has 0 bridgehead atoms. The predicted octanol–water partition coefficient (Wildman–Crippen LogP) is 5.35. The zero-order valence-electron chi connectivity index (χ0n) is 14.2. The summed E-state index contributed by atoms with van der Waals surface area (Å²) in [5.74, 6) is 1.99. The SMILES string of the molecule is O=C(Nc1ccccc1)Nc1ccc(-c2cnc([C]3CCCC3)s2)cn1. The van der Waals surface area contributed by atoms with Crippen molar-refractivity contribution in [2.45, 2.75) is 25.7 Å². The fraction of sp³-hybridized carbons (Fsp3) is 0.200. The molecule has 2 N–H and O–H groups in total. The molecule has 1 saturated carbocycles. The minimum Gasteiger partial charge on any atom is -0.308 e. The van der Waals surface area contributed by atoms with E-state index in [9.17, 15) is 4.79 Å². The molecule has 1 aliphatic rings. The van der Waals surface area contributed by atoms with Gasteiger partial charge in [-0.05, 0) is 37.1 Å². The number of nitrogens with one attached hydrogen (secondary N) is 2. The van der Waals surface area contributed by atoms with Crippen molar-refractivity contribution < 1.29 is 4.79 Å². The number of thiazole rings is 1. The number of aromatic nitrogens is 2. The Kier molecular flexibility index (Phi) is 4.93. The second kappa shape index (κ2) is 7.66. The van der Waals surface area contributed by atoms with Crippen LogP contribution in [0.5, 0.6) is 0 Å². The third kappa shape index (κ3) is 3.91. The van der Waals surface area contributed by atoms with Crippen molar-refractivity contribution in [1.29, 1.82) is 0 Å². The van der Waals surface area contributed by atoms with E-state index >= 15 is 0 Å². The van der Waals surface area contributed by atoms with Crippen LogP contribution in [0.2, 0.25) is 0 Å². The van der Waals surface area contributed by atoms with Crippen molar-refractivity contribution in [2.24, 2.45) is 0 Å². The van der Waals surface area contributed by atoms with Crippen LogP contribution >= 0.6 is 11.3 Å². The molecule has 1 aliphatic carbocycles. The quantitative estimate of drug-likeness (QED) is 0.657. The van der Waals surface area contributed by atoms with Crippen LogP contribution in [0.1, 0.15) is 30.7 Å². The predicted molar refractivity (Wildman–Crippen MR) is 105 cm³/mol. The highest BCUT2D eigenvalue weighted by atomic mass is 32.1. The highest BCUT2D eigenvalue weighted by molar-refractivity contribution is 7.15. The molecule has 0 spiro atoms. The molecule has 0 saturated heterocycles. The first kappa shape index (κ1) is 16.7. The van der Waals surface area contributed by atoms with Crippen LogP contribution in [0.15, 0.2) is 54.9 Å². The maximum atomic E-state index is 12.0. The summed E-state index contributed by atoms with van der Waals surface area (Å²) in [5.41, 5.74) is 1.75. The van der Waals surface area contributed by atoms with Crippen molar-refractivity contribution >= 4 is 28.9 Å². The highest BCUT2D eigenvalue weighted by Gasteiger charge is 2.21. The number of rotatable bonds is 4. The molecule has 2 heterocycles. The number of carbonyl (C=O) groups is 1. The Morgan fingerprint density at radius 3 is 2.46 bits per heavy atom. The van der Waals surface area contributed by atoms with E-state index < -0.39 is 0 Å². The largest absolute Gasteiger partial charge is 0.324 e. The summed E-state index contributed by atoms with van der Waals surface area (Å²) in [5, 5.41) is 6.67. The second-order valence-corrected chi connectivity index (χ2v) is 7.25. The van der Waals surface area contributed by atoms with Gasteiger partial charge in [0, 0.05) is 29.6 Å². The van der Waals surface area contributed by atoms with Gasteiger partial charge in [0.25, 0.3) is 0 Å². The zero-order valence-corrected chi connectivity index (χ0v) is 15.1. The molecule has 26 heavy (non-hydrogen) atoms. The van der Waals surface area contributed by atoms with Gasteiger partial charge < -0.3 is 5.32 Å². The summed E-state index contributed by atoms with van der Waals surface area (Å²) in [6.07, 6.45) is 8.58. The lowest BCUT2D eigenvalue weighted by molar-refractivity contribution is 0.262. The molecule has 0 aliphatic heterocycles. The Balaban J connectivity index is 1.39. The van der Waals surface area contributed by atoms with Gasteiger partial charge in [0.2, 0.25) is 0 Å². The number of carbonyl (C=O) groups excluding carboxylic acids is 1. The number of para-hydroxylation sites is 1. The van der Waals surface area contributed by atoms with Crippen LogP contribution in [0.25, 0.3) is 10.4 Å². The number of anilines is 2. The summed E-state index contributed by atoms with van der Waals surface area (Å²) < 4.78 is 0. The van der Waals surface area contributed by atoms with Gasteiger partial charge in [-0.3, -0.25) is 5.32 Å². The average Bonchev–Trinajstić information content (AvgIpc) is 3.35. The van der Waals surface area contributed by atoms with Crippen molar-refractivity contribution in [3.63, 3.8) is 0 Å². The topological polar surface area (TPSA) is 66.9 Å². The maximum absolute atomic E-state index is 12.0. The summed E-state index contributed by atoms with van der Waals surface area (Å²) in [7, 11) is 0. The van der Waals surface area contributed by atoms with Gasteiger partial charge >= 0.3 is 6.03 Å². The maximum Gasteiger partial charge on any atom is 0.324 e. The molecule has 1 fully saturated rings. The molecule has 4 rings (SSSR count). The minimum absolute atomic E-state index is 0.311. The van der Waals surface area contributed by atoms with E-state index in [2.05, 4.69) is 20.6 Å². The number of hydrogen-bond acceptors (Lipinski definition) is 4. The Hall–Kier alpha value is -2.73. The number of pyridine rings is 1. The molecular formula is C20H19N4OS. The molecule has 131 valence electrons. The first-order chi connectivity index (χ1) is 12.8. The zero-order chi connectivity index (χ0) is 17.8. The van der Waals surface area contributed by atoms with E-state index in [0.717, 1.165) is 21.1 Å². The number of hydrogen-bond donors (Lipinski definition) is 2. The Bertz CT molecular complexity index is 870. The van der Waals surface area contributed by atoms with Gasteiger partial charge in [-0.15, -0.1) is 11.3 Å². The third-order valence-electron chi connectivity index (χ3n) is 4.34. The first-order valence-electron chi connectivity index (χ1n) is 8.68. The molecule has 5 nitrogen and oxygen atoms in total. The van der Waals surface area contributed by atoms with Crippen LogP contribution in [0.4, 0.5) is 16.3 Å². The molecule has 2 aromatic heterocycles. The molecule has 1 radical (unpaired) electrons. The van der Waals surface area contributed by atoms with Crippen molar-refractivity contribution in [3.8, 4) is 10.4 Å². The van der Waals surface area contributed by atoms with Gasteiger partial charge in [-0.25, -0.2) is 14.8 Å². The lowest BCUT2D eigenvalue weighted by atomic mass is 10.1. The third-order valence-corrected chi connectivity index (χ3v) is 5.48. The highest BCUT2D eigenvalue weighted by Crippen LogP contribution is 2.37. The average molecular weight is 363 g/mol. The lowest BCUT2D eigenvalue weighted by Crippen LogP contribution is -2.19. The van der Waals surface area contributed by atoms with Crippen molar-refractivity contribution in [2.75, 3.05) is 10.6 Å². The number of amides is 2. The van der Waals surface area contributed by atoms with Gasteiger partial charge in [-0.2, -0.15) is 0 Å². The number of benzene rings is 1. The standard InChI is InChI=1S/C20H19N4OS/c25-20(23-16-8-2-1-3-9-16)24-18-11-10-15(12-21-18)17-13-22-19(26-17)14-6-4-5-7-14/h1-3,8-13H,4-7H2,(H2,21,23,24,25). The summed E-state index contributed by atoms with van der Waals surface area (Å²) in [6.45, 7) is 0. The molecule has 6 heteroatoms. The summed E-state index contributed by atoms with van der Waals surface area (Å²) >= 11 is 1.72. The molecule has 1 aromatic carbocycles. The summed E-state index contributed by atoms with van der Waals surface area (Å²) in [6, 6.07) is 12.8. The minimum atomic E-state index is -0.311. The van der Waals surface area contributed by atoms with Crippen LogP contribution in [-0.2, 0) is 0 Å². The van der Waals surface area contributed by atoms with Gasteiger partial charge in [0.15, 0.2) is 0 Å². The van der Waals surface area contributed by atoms with E-state index in [1.165, 1.54) is 31.6 Å². The molecule has 0 atom stereocenters. The monoisotopic (exact) mass is 363 g/mol. The normalized spacial score (nSPS) is 14.3. The van der Waals surface area contributed by atoms with Crippen LogP contribution in [-0.4, -0.2) is 16.0 Å². The fourth-order valence-corrected chi connectivity index (χ4v) is 4.01. The van der Waals surface area contributed by atoms with Gasteiger partial charge in [0.1, 0.15) is 10.8 Å². The van der Waals surface area contributed by atoms with Crippen LogP contribution < -0.4 is 10.6 Å². The smallest absolute Gasteiger partial charge is 0.308 e. The fourth-order valence-electron chi connectivity index (χ4n) is 3.00. The van der Waals surface area contributed by atoms with Crippen LogP contribution in [0.3, 0.4) is 0 Å². The van der Waals surface area contributed by atoms with Gasteiger partial charge in [-0.1, -0.05) is 31.0 Å². The second-order valence-electron chi connectivity index (χ2n) is 6.22. The van der Waals surface area contributed by atoms with Crippen LogP contribution in [0, 0.1) is 5.92 Å². The van der Waals surface area contributed by atoms with E-state index in [4.69, 9.17) is 0 Å². The lowest BCUT2D eigenvalue weighted by Gasteiger charge is -2.07.